The second-order valence-electron chi connectivity index (χ2n) is 8.84. The third-order valence-electron chi connectivity index (χ3n) is 4.65. The molecule has 1 fully saturated rings. The number of hydrogen-bond acceptors (Lipinski definition) is 3. The predicted octanol–water partition coefficient (Wildman–Crippen LogP) is 4.99. The number of alkyl halides is 3. The molecule has 4 nitrogen and oxygen atoms in total. The number of halogens is 3. The number of ether oxygens (including phenoxy) is 1. The van der Waals surface area contributed by atoms with Gasteiger partial charge in [-0.3, -0.25) is 10.2 Å². The molecular weight excluding hydrogens is 369 g/mol. The third kappa shape index (κ3) is 4.09. The molecule has 0 bridgehead atoms. The van der Waals surface area contributed by atoms with Gasteiger partial charge in [-0.1, -0.05) is 24.3 Å². The summed E-state index contributed by atoms with van der Waals surface area (Å²) in [6, 6.07) is 8.01. The standard InChI is InChI=1S/C21H25F3N2O2/c1-19(2,3)28-14-10-9-13-7-6-8-15(16(13)11-14)17(21(22,23)24)26-12-20(4,5)18(27)25-26/h6-11,17H,12H2,1-5H3,(H,25,27). The fraction of sp³-hybridized carbons (Fsp3) is 0.476. The summed E-state index contributed by atoms with van der Waals surface area (Å²) < 4.78 is 48.2. The number of rotatable bonds is 3. The first kappa shape index (κ1) is 20.5. The highest BCUT2D eigenvalue weighted by Gasteiger charge is 2.51. The highest BCUT2D eigenvalue weighted by atomic mass is 19.4. The van der Waals surface area contributed by atoms with Gasteiger partial charge in [0.15, 0.2) is 6.04 Å². The number of nitrogens with one attached hydrogen (secondary N) is 1. The van der Waals surface area contributed by atoms with Crippen molar-refractivity contribution in [3.63, 3.8) is 0 Å². The number of benzene rings is 2. The van der Waals surface area contributed by atoms with Crippen LogP contribution < -0.4 is 10.2 Å². The lowest BCUT2D eigenvalue weighted by molar-refractivity contribution is -0.191. The van der Waals surface area contributed by atoms with Crippen molar-refractivity contribution >= 4 is 16.7 Å². The molecule has 28 heavy (non-hydrogen) atoms. The van der Waals surface area contributed by atoms with Gasteiger partial charge < -0.3 is 4.74 Å². The molecule has 0 aliphatic carbocycles. The lowest BCUT2D eigenvalue weighted by Crippen LogP contribution is -2.43. The maximum atomic E-state index is 14.1. The molecular formula is C21H25F3N2O2. The Bertz CT molecular complexity index is 901. The van der Waals surface area contributed by atoms with Gasteiger partial charge in [0.2, 0.25) is 5.91 Å². The second kappa shape index (κ2) is 6.65. The summed E-state index contributed by atoms with van der Waals surface area (Å²) in [6.45, 7) is 8.86. The number of hydrazine groups is 1. The third-order valence-corrected chi connectivity index (χ3v) is 4.65. The molecule has 1 atom stereocenters. The number of hydrogen-bond donors (Lipinski definition) is 1. The molecule has 0 spiro atoms. The van der Waals surface area contributed by atoms with Gasteiger partial charge in [0.25, 0.3) is 0 Å². The van der Waals surface area contributed by atoms with Crippen LogP contribution in [-0.2, 0) is 4.79 Å². The van der Waals surface area contributed by atoms with E-state index in [-0.39, 0.29) is 12.1 Å². The molecule has 1 aliphatic heterocycles. The van der Waals surface area contributed by atoms with E-state index in [1.165, 1.54) is 6.07 Å². The monoisotopic (exact) mass is 394 g/mol. The van der Waals surface area contributed by atoms with Crippen LogP contribution in [0.5, 0.6) is 5.75 Å². The zero-order valence-electron chi connectivity index (χ0n) is 16.6. The average molecular weight is 394 g/mol. The Morgan fingerprint density at radius 1 is 1.14 bits per heavy atom. The summed E-state index contributed by atoms with van der Waals surface area (Å²) in [5.41, 5.74) is 1.13. The second-order valence-corrected chi connectivity index (χ2v) is 8.84. The average Bonchev–Trinajstić information content (AvgIpc) is 2.78. The molecule has 2 aromatic rings. The molecule has 3 rings (SSSR count). The molecule has 1 amide bonds. The maximum Gasteiger partial charge on any atom is 0.409 e. The molecule has 2 aromatic carbocycles. The summed E-state index contributed by atoms with van der Waals surface area (Å²) >= 11 is 0. The Hall–Kier alpha value is -2.28. The molecule has 152 valence electrons. The van der Waals surface area contributed by atoms with Crippen molar-refractivity contribution in [2.75, 3.05) is 6.54 Å². The number of carbonyl (C=O) groups excluding carboxylic acids is 1. The van der Waals surface area contributed by atoms with Crippen molar-refractivity contribution in [2.45, 2.75) is 52.4 Å². The Kier molecular flexibility index (Phi) is 4.86. The SMILES string of the molecule is CC(C)(C)Oc1ccc2cccc(C(N3CC(C)(C)C(=O)N3)C(F)(F)F)c2c1. The lowest BCUT2D eigenvalue weighted by atomic mass is 9.93. The van der Waals surface area contributed by atoms with Gasteiger partial charge in [-0.2, -0.15) is 13.2 Å². The van der Waals surface area contributed by atoms with Gasteiger partial charge in [0, 0.05) is 6.54 Å². The Morgan fingerprint density at radius 3 is 2.36 bits per heavy atom. The molecule has 1 aliphatic rings. The Morgan fingerprint density at radius 2 is 1.82 bits per heavy atom. The van der Waals surface area contributed by atoms with Gasteiger partial charge in [-0.25, -0.2) is 5.01 Å². The summed E-state index contributed by atoms with van der Waals surface area (Å²) in [6.07, 6.45) is -4.57. The minimum absolute atomic E-state index is 0.0371. The summed E-state index contributed by atoms with van der Waals surface area (Å²) in [5.74, 6) is 0.0814. The van der Waals surface area contributed by atoms with Crippen LogP contribution in [0.3, 0.4) is 0 Å². The van der Waals surface area contributed by atoms with Crippen molar-refractivity contribution < 1.29 is 22.7 Å². The van der Waals surface area contributed by atoms with Gasteiger partial charge in [-0.15, -0.1) is 0 Å². The number of nitrogens with zero attached hydrogens (tertiary/aromatic N) is 1. The summed E-state index contributed by atoms with van der Waals surface area (Å²) in [4.78, 5) is 12.1. The van der Waals surface area contributed by atoms with E-state index in [4.69, 9.17) is 4.74 Å². The van der Waals surface area contributed by atoms with Crippen molar-refractivity contribution in [1.29, 1.82) is 0 Å². The molecule has 0 saturated carbocycles. The van der Waals surface area contributed by atoms with Crippen molar-refractivity contribution in [3.8, 4) is 5.75 Å². The largest absolute Gasteiger partial charge is 0.488 e. The maximum absolute atomic E-state index is 14.1. The van der Waals surface area contributed by atoms with E-state index >= 15 is 0 Å². The van der Waals surface area contributed by atoms with E-state index in [0.29, 0.717) is 16.5 Å². The van der Waals surface area contributed by atoms with E-state index in [1.807, 2.05) is 20.8 Å². The van der Waals surface area contributed by atoms with E-state index in [1.54, 1.807) is 44.2 Å². The molecule has 1 unspecified atom stereocenters. The minimum Gasteiger partial charge on any atom is -0.488 e. The van der Waals surface area contributed by atoms with Crippen molar-refractivity contribution in [2.24, 2.45) is 5.41 Å². The van der Waals surface area contributed by atoms with Gasteiger partial charge >= 0.3 is 6.18 Å². The first-order valence-corrected chi connectivity index (χ1v) is 9.14. The number of fused-ring (bicyclic) bond motifs is 1. The normalized spacial score (nSPS) is 18.9. The predicted molar refractivity (Wildman–Crippen MR) is 102 cm³/mol. The van der Waals surface area contributed by atoms with E-state index < -0.39 is 29.1 Å². The van der Waals surface area contributed by atoms with E-state index in [2.05, 4.69) is 5.43 Å². The quantitative estimate of drug-likeness (QED) is 0.797. The summed E-state index contributed by atoms with van der Waals surface area (Å²) in [7, 11) is 0. The zero-order valence-corrected chi connectivity index (χ0v) is 16.6. The fourth-order valence-corrected chi connectivity index (χ4v) is 3.43. The first-order chi connectivity index (χ1) is 12.8. The lowest BCUT2D eigenvalue weighted by Gasteiger charge is -2.31. The van der Waals surface area contributed by atoms with E-state index in [0.717, 1.165) is 5.01 Å². The van der Waals surface area contributed by atoms with Crippen LogP contribution >= 0.6 is 0 Å². The highest BCUT2D eigenvalue weighted by molar-refractivity contribution is 5.88. The zero-order chi connectivity index (χ0) is 20.9. The molecule has 1 heterocycles. The fourth-order valence-electron chi connectivity index (χ4n) is 3.43. The van der Waals surface area contributed by atoms with Crippen LogP contribution in [0.2, 0.25) is 0 Å². The van der Waals surface area contributed by atoms with E-state index in [9.17, 15) is 18.0 Å². The van der Waals surface area contributed by atoms with Crippen molar-refractivity contribution in [1.82, 2.24) is 10.4 Å². The van der Waals surface area contributed by atoms with Gasteiger partial charge in [0.05, 0.1) is 5.41 Å². The molecule has 1 saturated heterocycles. The van der Waals surface area contributed by atoms with Crippen LogP contribution in [0.4, 0.5) is 13.2 Å². The first-order valence-electron chi connectivity index (χ1n) is 9.14. The van der Waals surface area contributed by atoms with Crippen LogP contribution in [0.15, 0.2) is 36.4 Å². The smallest absolute Gasteiger partial charge is 0.409 e. The number of amides is 1. The van der Waals surface area contributed by atoms with Crippen LogP contribution in [-0.4, -0.2) is 29.2 Å². The summed E-state index contributed by atoms with van der Waals surface area (Å²) in [5, 5.41) is 2.12. The molecule has 7 heteroatoms. The van der Waals surface area contributed by atoms with Crippen molar-refractivity contribution in [3.05, 3.63) is 42.0 Å². The number of carbonyl (C=O) groups is 1. The Balaban J connectivity index is 2.12. The van der Waals surface area contributed by atoms with Crippen LogP contribution in [0.1, 0.15) is 46.2 Å². The highest BCUT2D eigenvalue weighted by Crippen LogP contribution is 2.43. The molecule has 1 N–H and O–H groups in total. The topological polar surface area (TPSA) is 41.6 Å². The Labute approximate surface area is 162 Å². The van der Waals surface area contributed by atoms with Crippen LogP contribution in [0, 0.1) is 5.41 Å². The minimum atomic E-state index is -4.57. The van der Waals surface area contributed by atoms with Gasteiger partial charge in [-0.05, 0) is 63.1 Å². The molecule has 0 aromatic heterocycles. The molecule has 0 radical (unpaired) electrons. The van der Waals surface area contributed by atoms with Gasteiger partial charge in [0.1, 0.15) is 11.4 Å². The van der Waals surface area contributed by atoms with Crippen LogP contribution in [0.25, 0.3) is 10.8 Å².